The average molecular weight is 321 g/mol. The average Bonchev–Trinajstić information content (AvgIpc) is 2.90. The molecule has 0 aliphatic carbocycles. The number of hydrogen-bond acceptors (Lipinski definition) is 3. The van der Waals surface area contributed by atoms with E-state index in [2.05, 4.69) is 12.1 Å². The molecule has 1 fully saturated rings. The van der Waals surface area contributed by atoms with E-state index in [0.29, 0.717) is 17.4 Å². The summed E-state index contributed by atoms with van der Waals surface area (Å²) in [7, 11) is 0. The van der Waals surface area contributed by atoms with Crippen LogP contribution >= 0.6 is 11.6 Å². The van der Waals surface area contributed by atoms with Crippen molar-refractivity contribution in [2.45, 2.75) is 38.7 Å². The van der Waals surface area contributed by atoms with Crippen molar-refractivity contribution >= 4 is 23.2 Å². The lowest BCUT2D eigenvalue weighted by atomic mass is 9.92. The topological polar surface area (TPSA) is 41.9 Å². The maximum Gasteiger partial charge on any atom is 0.269 e. The Bertz CT molecular complexity index is 616. The van der Waals surface area contributed by atoms with Gasteiger partial charge in [0.25, 0.3) is 5.91 Å². The van der Waals surface area contributed by atoms with Gasteiger partial charge in [0.05, 0.1) is 5.71 Å². The summed E-state index contributed by atoms with van der Waals surface area (Å²) < 4.78 is 0. The number of piperidine rings is 1. The molecule has 0 spiro atoms. The molecule has 0 radical (unpaired) electrons. The minimum atomic E-state index is -0.911. The highest BCUT2D eigenvalue weighted by molar-refractivity contribution is 6.34. The quantitative estimate of drug-likeness (QED) is 0.837. The molecule has 0 bridgehead atoms. The Morgan fingerprint density at radius 3 is 2.95 bits per heavy atom. The fourth-order valence-corrected chi connectivity index (χ4v) is 3.45. The smallest absolute Gasteiger partial charge is 0.269 e. The number of rotatable bonds is 2. The third-order valence-electron chi connectivity index (χ3n) is 4.44. The molecule has 2 aliphatic heterocycles. The van der Waals surface area contributed by atoms with Crippen molar-refractivity contribution < 1.29 is 9.63 Å². The second-order valence-electron chi connectivity index (χ2n) is 6.52. The highest BCUT2D eigenvalue weighted by Gasteiger charge is 2.45. The number of halogens is 1. The molecular formula is C17H21ClN2O2. The van der Waals surface area contributed by atoms with E-state index >= 15 is 0 Å². The highest BCUT2D eigenvalue weighted by Crippen LogP contribution is 2.32. The Morgan fingerprint density at radius 2 is 2.23 bits per heavy atom. The van der Waals surface area contributed by atoms with E-state index in [1.165, 1.54) is 6.42 Å². The Kier molecular flexibility index (Phi) is 4.13. The van der Waals surface area contributed by atoms with Gasteiger partial charge in [0.2, 0.25) is 5.60 Å². The van der Waals surface area contributed by atoms with E-state index in [1.807, 2.05) is 36.1 Å². The van der Waals surface area contributed by atoms with Gasteiger partial charge in [-0.05, 0) is 31.7 Å². The molecule has 2 heterocycles. The lowest BCUT2D eigenvalue weighted by molar-refractivity contribution is -0.155. The van der Waals surface area contributed by atoms with Crippen LogP contribution in [-0.4, -0.2) is 35.2 Å². The van der Waals surface area contributed by atoms with E-state index in [4.69, 9.17) is 16.4 Å². The van der Waals surface area contributed by atoms with Crippen LogP contribution in [0, 0.1) is 5.92 Å². The fraction of sp³-hybridized carbons (Fsp3) is 0.529. The molecular weight excluding hydrogens is 300 g/mol. The van der Waals surface area contributed by atoms with Gasteiger partial charge in [-0.3, -0.25) is 4.79 Å². The van der Waals surface area contributed by atoms with Crippen LogP contribution in [0.3, 0.4) is 0 Å². The molecule has 2 atom stereocenters. The molecule has 5 heteroatoms. The predicted molar refractivity (Wildman–Crippen MR) is 87.1 cm³/mol. The van der Waals surface area contributed by atoms with Gasteiger partial charge in [0.15, 0.2) is 0 Å². The molecule has 0 unspecified atom stereocenters. The Labute approximate surface area is 136 Å². The molecule has 118 valence electrons. The Balaban J connectivity index is 1.74. The molecule has 1 amide bonds. The maximum atomic E-state index is 12.8. The zero-order valence-electron chi connectivity index (χ0n) is 13.0. The maximum absolute atomic E-state index is 12.8. The second kappa shape index (κ2) is 5.92. The van der Waals surface area contributed by atoms with Crippen molar-refractivity contribution in [3.63, 3.8) is 0 Å². The van der Waals surface area contributed by atoms with Crippen LogP contribution in [0.15, 0.2) is 29.4 Å². The van der Waals surface area contributed by atoms with Crippen molar-refractivity contribution in [3.05, 3.63) is 34.9 Å². The summed E-state index contributed by atoms with van der Waals surface area (Å²) in [5.41, 5.74) is 0.671. The van der Waals surface area contributed by atoms with Crippen LogP contribution in [0.1, 0.15) is 38.7 Å². The second-order valence-corrected chi connectivity index (χ2v) is 6.92. The summed E-state index contributed by atoms with van der Waals surface area (Å²) >= 11 is 6.21. The fourth-order valence-electron chi connectivity index (χ4n) is 3.20. The number of benzene rings is 1. The third kappa shape index (κ3) is 2.84. The van der Waals surface area contributed by atoms with E-state index in [-0.39, 0.29) is 5.91 Å². The van der Waals surface area contributed by atoms with Crippen molar-refractivity contribution in [1.82, 2.24) is 4.90 Å². The molecule has 1 aromatic carbocycles. The summed E-state index contributed by atoms with van der Waals surface area (Å²) in [6.07, 6.45) is 2.70. The molecule has 1 aromatic rings. The minimum absolute atomic E-state index is 0.0323. The van der Waals surface area contributed by atoms with Gasteiger partial charge in [0, 0.05) is 30.1 Å². The normalized spacial score (nSPS) is 28.2. The first-order chi connectivity index (χ1) is 10.5. The van der Waals surface area contributed by atoms with Crippen molar-refractivity contribution in [2.75, 3.05) is 13.1 Å². The number of carbonyl (C=O) groups is 1. The third-order valence-corrected chi connectivity index (χ3v) is 4.77. The van der Waals surface area contributed by atoms with Gasteiger partial charge in [0.1, 0.15) is 0 Å². The summed E-state index contributed by atoms with van der Waals surface area (Å²) in [6.45, 7) is 5.62. The number of amides is 1. The first-order valence-electron chi connectivity index (χ1n) is 7.79. The predicted octanol–water partition coefficient (Wildman–Crippen LogP) is 3.48. The van der Waals surface area contributed by atoms with Gasteiger partial charge in [-0.25, -0.2) is 0 Å². The number of oxime groups is 1. The first-order valence-corrected chi connectivity index (χ1v) is 8.17. The molecule has 3 rings (SSSR count). The van der Waals surface area contributed by atoms with Crippen LogP contribution in [0.2, 0.25) is 5.02 Å². The molecule has 22 heavy (non-hydrogen) atoms. The standard InChI is InChI=1S/C17H21ClN2O2/c1-12-6-5-9-20(11-12)16(21)17(2)10-15(19-22-17)13-7-3-4-8-14(13)18/h3-4,7-8,12H,5-6,9-11H2,1-2H3/t12-,17+/m1/s1. The van der Waals surface area contributed by atoms with Gasteiger partial charge in [-0.2, -0.15) is 0 Å². The molecule has 2 aliphatic rings. The Morgan fingerprint density at radius 1 is 1.45 bits per heavy atom. The van der Waals surface area contributed by atoms with Crippen LogP contribution in [0.5, 0.6) is 0 Å². The molecule has 0 aromatic heterocycles. The van der Waals surface area contributed by atoms with Crippen LogP contribution in [0.4, 0.5) is 0 Å². The van der Waals surface area contributed by atoms with Gasteiger partial charge in [-0.1, -0.05) is 41.9 Å². The SMILES string of the molecule is C[C@@H]1CCCN(C(=O)[C@]2(C)CC(c3ccccc3Cl)=NO2)C1. The lowest BCUT2D eigenvalue weighted by Crippen LogP contribution is -2.50. The van der Waals surface area contributed by atoms with Gasteiger partial charge >= 0.3 is 0 Å². The van der Waals surface area contributed by atoms with Crippen LogP contribution < -0.4 is 0 Å². The zero-order valence-corrected chi connectivity index (χ0v) is 13.8. The van der Waals surface area contributed by atoms with E-state index in [0.717, 1.165) is 30.8 Å². The van der Waals surface area contributed by atoms with Crippen molar-refractivity contribution in [1.29, 1.82) is 0 Å². The number of hydrogen-bond donors (Lipinski definition) is 0. The monoisotopic (exact) mass is 320 g/mol. The summed E-state index contributed by atoms with van der Waals surface area (Å²) in [4.78, 5) is 20.3. The summed E-state index contributed by atoms with van der Waals surface area (Å²) in [5, 5.41) is 4.77. The van der Waals surface area contributed by atoms with Crippen LogP contribution in [0.25, 0.3) is 0 Å². The van der Waals surface area contributed by atoms with Gasteiger partial charge < -0.3 is 9.74 Å². The zero-order chi connectivity index (χ0) is 15.7. The Hall–Kier alpha value is -1.55. The molecule has 4 nitrogen and oxygen atoms in total. The summed E-state index contributed by atoms with van der Waals surface area (Å²) in [5.74, 6) is 0.580. The van der Waals surface area contributed by atoms with Crippen molar-refractivity contribution in [2.24, 2.45) is 11.1 Å². The highest BCUT2D eigenvalue weighted by atomic mass is 35.5. The molecule has 1 saturated heterocycles. The lowest BCUT2D eigenvalue weighted by Gasteiger charge is -2.35. The van der Waals surface area contributed by atoms with E-state index in [1.54, 1.807) is 0 Å². The first kappa shape index (κ1) is 15.3. The summed E-state index contributed by atoms with van der Waals surface area (Å²) in [6, 6.07) is 7.52. The van der Waals surface area contributed by atoms with Crippen LogP contribution in [-0.2, 0) is 9.63 Å². The number of carbonyl (C=O) groups excluding carboxylic acids is 1. The van der Waals surface area contributed by atoms with Crippen molar-refractivity contribution in [3.8, 4) is 0 Å². The van der Waals surface area contributed by atoms with E-state index in [9.17, 15) is 4.79 Å². The van der Waals surface area contributed by atoms with E-state index < -0.39 is 5.60 Å². The largest absolute Gasteiger partial charge is 0.379 e. The number of nitrogens with zero attached hydrogens (tertiary/aromatic N) is 2. The van der Waals surface area contributed by atoms with Gasteiger partial charge in [-0.15, -0.1) is 0 Å². The molecule has 0 N–H and O–H groups in total. The minimum Gasteiger partial charge on any atom is -0.379 e. The molecule has 0 saturated carbocycles. The number of likely N-dealkylation sites (tertiary alicyclic amines) is 1.